The van der Waals surface area contributed by atoms with Crippen LogP contribution in [-0.2, 0) is 9.53 Å². The van der Waals surface area contributed by atoms with Crippen LogP contribution in [0.15, 0.2) is 12.4 Å². The molecule has 1 aromatic rings. The van der Waals surface area contributed by atoms with E-state index in [1.807, 2.05) is 13.8 Å². The summed E-state index contributed by atoms with van der Waals surface area (Å²) >= 11 is 0. The second-order valence-electron chi connectivity index (χ2n) is 5.02. The Morgan fingerprint density at radius 2 is 2.24 bits per heavy atom. The highest BCUT2D eigenvalue weighted by atomic mass is 16.5. The number of rotatable bonds is 4. The van der Waals surface area contributed by atoms with Gasteiger partial charge in [-0.3, -0.25) is 9.78 Å². The third-order valence-electron chi connectivity index (χ3n) is 3.00. The van der Waals surface area contributed by atoms with E-state index in [2.05, 4.69) is 15.3 Å². The summed E-state index contributed by atoms with van der Waals surface area (Å²) in [6, 6.07) is -0.530. The van der Waals surface area contributed by atoms with Gasteiger partial charge in [0.25, 0.3) is 0 Å². The molecule has 1 unspecified atom stereocenters. The zero-order chi connectivity index (χ0) is 15.4. The van der Waals surface area contributed by atoms with Crippen molar-refractivity contribution in [3.63, 3.8) is 0 Å². The largest absolute Gasteiger partial charge is 0.476 e. The fourth-order valence-corrected chi connectivity index (χ4v) is 2.07. The van der Waals surface area contributed by atoms with Gasteiger partial charge >= 0.3 is 5.97 Å². The van der Waals surface area contributed by atoms with E-state index < -0.39 is 12.0 Å². The highest BCUT2D eigenvalue weighted by molar-refractivity contribution is 5.87. The zero-order valence-corrected chi connectivity index (χ0v) is 11.9. The van der Waals surface area contributed by atoms with Gasteiger partial charge in [0.2, 0.25) is 5.91 Å². The SMILES string of the molecule is CC(C)NC(=O)C1COCCN1c1cncc(C(=O)O)n1. The van der Waals surface area contributed by atoms with Crippen LogP contribution >= 0.6 is 0 Å². The molecule has 21 heavy (non-hydrogen) atoms. The number of anilines is 1. The van der Waals surface area contributed by atoms with Crippen LogP contribution in [0.4, 0.5) is 5.82 Å². The molecule has 8 heteroatoms. The highest BCUT2D eigenvalue weighted by Crippen LogP contribution is 2.17. The number of nitrogens with one attached hydrogen (secondary N) is 1. The Balaban J connectivity index is 2.24. The lowest BCUT2D eigenvalue weighted by Crippen LogP contribution is -2.55. The van der Waals surface area contributed by atoms with Gasteiger partial charge in [-0.25, -0.2) is 9.78 Å². The molecule has 0 saturated carbocycles. The summed E-state index contributed by atoms with van der Waals surface area (Å²) in [6.07, 6.45) is 2.63. The van der Waals surface area contributed by atoms with Gasteiger partial charge in [-0.2, -0.15) is 0 Å². The van der Waals surface area contributed by atoms with Crippen LogP contribution in [0.2, 0.25) is 0 Å². The van der Waals surface area contributed by atoms with Gasteiger partial charge in [0.05, 0.1) is 25.6 Å². The van der Waals surface area contributed by atoms with E-state index in [1.54, 1.807) is 4.90 Å². The van der Waals surface area contributed by atoms with Crippen LogP contribution in [-0.4, -0.2) is 58.8 Å². The molecule has 0 radical (unpaired) electrons. The maximum Gasteiger partial charge on any atom is 0.356 e. The summed E-state index contributed by atoms with van der Waals surface area (Å²) in [6.45, 7) is 4.88. The zero-order valence-electron chi connectivity index (χ0n) is 11.9. The van der Waals surface area contributed by atoms with Crippen LogP contribution in [0, 0.1) is 0 Å². The molecule has 1 aliphatic heterocycles. The molecule has 2 N–H and O–H groups in total. The lowest BCUT2D eigenvalue weighted by molar-refractivity contribution is -0.125. The number of nitrogens with zero attached hydrogens (tertiary/aromatic N) is 3. The summed E-state index contributed by atoms with van der Waals surface area (Å²) in [5.41, 5.74) is -0.151. The Labute approximate surface area is 122 Å². The molecular formula is C13H18N4O4. The molecule has 0 aliphatic carbocycles. The van der Waals surface area contributed by atoms with Gasteiger partial charge in [-0.05, 0) is 13.8 Å². The Bertz CT molecular complexity index is 535. The first-order chi connectivity index (χ1) is 9.99. The van der Waals surface area contributed by atoms with Crippen LogP contribution in [0.1, 0.15) is 24.3 Å². The fourth-order valence-electron chi connectivity index (χ4n) is 2.07. The smallest absolute Gasteiger partial charge is 0.356 e. The standard InChI is InChI=1S/C13H18N4O4/c1-8(2)15-12(18)10-7-21-4-3-17(10)11-6-14-5-9(16-11)13(19)20/h5-6,8,10H,3-4,7H2,1-2H3,(H,15,18)(H,19,20). The van der Waals surface area contributed by atoms with E-state index in [-0.39, 0.29) is 24.2 Å². The molecule has 8 nitrogen and oxygen atoms in total. The maximum absolute atomic E-state index is 12.2. The van der Waals surface area contributed by atoms with Crippen molar-refractivity contribution in [3.8, 4) is 0 Å². The number of ether oxygens (including phenoxy) is 1. The Morgan fingerprint density at radius 1 is 1.48 bits per heavy atom. The van der Waals surface area contributed by atoms with Crippen LogP contribution in [0.25, 0.3) is 0 Å². The van der Waals surface area contributed by atoms with Crippen LogP contribution in [0.5, 0.6) is 0 Å². The molecule has 0 spiro atoms. The number of aromatic nitrogens is 2. The minimum Gasteiger partial charge on any atom is -0.476 e. The molecule has 1 saturated heterocycles. The molecule has 0 aromatic carbocycles. The first kappa shape index (κ1) is 15.2. The average Bonchev–Trinajstić information content (AvgIpc) is 2.46. The monoisotopic (exact) mass is 294 g/mol. The minimum atomic E-state index is -1.15. The number of carboxylic acid groups (broad SMARTS) is 1. The molecule has 1 fully saturated rings. The highest BCUT2D eigenvalue weighted by Gasteiger charge is 2.31. The van der Waals surface area contributed by atoms with Crippen LogP contribution < -0.4 is 10.2 Å². The van der Waals surface area contributed by atoms with Gasteiger partial charge in [0, 0.05) is 12.6 Å². The van der Waals surface area contributed by atoms with Crippen molar-refractivity contribution in [1.29, 1.82) is 0 Å². The van der Waals surface area contributed by atoms with Gasteiger partial charge in [0.15, 0.2) is 5.69 Å². The normalized spacial score (nSPS) is 18.6. The van der Waals surface area contributed by atoms with E-state index in [4.69, 9.17) is 9.84 Å². The van der Waals surface area contributed by atoms with Crippen molar-refractivity contribution in [2.75, 3.05) is 24.7 Å². The Kier molecular flexibility index (Phi) is 4.69. The predicted octanol–water partition coefficient (Wildman–Crippen LogP) is -0.0954. The summed E-state index contributed by atoms with van der Waals surface area (Å²) in [4.78, 5) is 32.8. The molecule has 2 rings (SSSR count). The Hall–Kier alpha value is -2.22. The van der Waals surface area contributed by atoms with Gasteiger partial charge < -0.3 is 20.1 Å². The van der Waals surface area contributed by atoms with Crippen molar-refractivity contribution >= 4 is 17.7 Å². The van der Waals surface area contributed by atoms with Gasteiger partial charge in [-0.1, -0.05) is 0 Å². The molecule has 1 amide bonds. The maximum atomic E-state index is 12.2. The number of carbonyl (C=O) groups is 2. The number of carboxylic acids is 1. The number of hydrogen-bond donors (Lipinski definition) is 2. The van der Waals surface area contributed by atoms with Gasteiger partial charge in [0.1, 0.15) is 11.9 Å². The first-order valence-corrected chi connectivity index (χ1v) is 6.69. The van der Waals surface area contributed by atoms with E-state index in [9.17, 15) is 9.59 Å². The number of carbonyl (C=O) groups excluding carboxylic acids is 1. The second kappa shape index (κ2) is 6.49. The third kappa shape index (κ3) is 3.66. The number of amides is 1. The average molecular weight is 294 g/mol. The first-order valence-electron chi connectivity index (χ1n) is 6.69. The van der Waals surface area contributed by atoms with E-state index in [1.165, 1.54) is 12.4 Å². The fraction of sp³-hybridized carbons (Fsp3) is 0.538. The van der Waals surface area contributed by atoms with Crippen molar-refractivity contribution in [2.45, 2.75) is 25.9 Å². The number of hydrogen-bond acceptors (Lipinski definition) is 6. The summed E-state index contributed by atoms with van der Waals surface area (Å²) < 4.78 is 5.35. The van der Waals surface area contributed by atoms with Crippen LogP contribution in [0.3, 0.4) is 0 Å². The van der Waals surface area contributed by atoms with Crippen molar-refractivity contribution in [1.82, 2.24) is 15.3 Å². The number of morpholine rings is 1. The second-order valence-corrected chi connectivity index (χ2v) is 5.02. The van der Waals surface area contributed by atoms with Crippen molar-refractivity contribution in [3.05, 3.63) is 18.1 Å². The third-order valence-corrected chi connectivity index (χ3v) is 3.00. The molecule has 1 aliphatic rings. The molecule has 2 heterocycles. The van der Waals surface area contributed by atoms with Crippen molar-refractivity contribution in [2.24, 2.45) is 0 Å². The quantitative estimate of drug-likeness (QED) is 0.799. The lowest BCUT2D eigenvalue weighted by Gasteiger charge is -2.35. The minimum absolute atomic E-state index is 0.0118. The molecule has 0 bridgehead atoms. The molecule has 1 atom stereocenters. The predicted molar refractivity (Wildman–Crippen MR) is 74.2 cm³/mol. The lowest BCUT2D eigenvalue weighted by atomic mass is 10.2. The Morgan fingerprint density at radius 3 is 2.90 bits per heavy atom. The molecular weight excluding hydrogens is 276 g/mol. The van der Waals surface area contributed by atoms with E-state index >= 15 is 0 Å². The summed E-state index contributed by atoms with van der Waals surface area (Å²) in [7, 11) is 0. The summed E-state index contributed by atoms with van der Waals surface area (Å²) in [5, 5.41) is 11.8. The molecule has 114 valence electrons. The number of aromatic carboxylic acids is 1. The van der Waals surface area contributed by atoms with Gasteiger partial charge in [-0.15, -0.1) is 0 Å². The van der Waals surface area contributed by atoms with E-state index in [0.29, 0.717) is 19.0 Å². The topological polar surface area (TPSA) is 105 Å². The van der Waals surface area contributed by atoms with E-state index in [0.717, 1.165) is 0 Å². The molecule has 1 aromatic heterocycles. The van der Waals surface area contributed by atoms with Crippen molar-refractivity contribution < 1.29 is 19.4 Å². The summed E-state index contributed by atoms with van der Waals surface area (Å²) in [5.74, 6) is -0.963.